The number of nitrogens with zero attached hydrogens (tertiary/aromatic N) is 2. The van der Waals surface area contributed by atoms with E-state index in [9.17, 15) is 14.0 Å². The molecule has 0 fully saturated rings. The van der Waals surface area contributed by atoms with E-state index in [0.29, 0.717) is 21.7 Å². The van der Waals surface area contributed by atoms with Crippen molar-refractivity contribution in [3.8, 4) is 5.69 Å². The van der Waals surface area contributed by atoms with E-state index in [2.05, 4.69) is 10.3 Å². The molecule has 1 aromatic heterocycles. The van der Waals surface area contributed by atoms with Crippen LogP contribution in [0.15, 0.2) is 76.7 Å². The van der Waals surface area contributed by atoms with Crippen molar-refractivity contribution in [2.75, 3.05) is 5.32 Å². The van der Waals surface area contributed by atoms with E-state index in [4.69, 9.17) is 0 Å². The molecule has 0 bridgehead atoms. The number of aryl methyl sites for hydroxylation is 1. The van der Waals surface area contributed by atoms with Crippen LogP contribution < -0.4 is 10.9 Å². The van der Waals surface area contributed by atoms with Crippen LogP contribution in [0.1, 0.15) is 18.1 Å². The van der Waals surface area contributed by atoms with Gasteiger partial charge in [0.2, 0.25) is 5.91 Å². The molecule has 1 N–H and O–H groups in total. The van der Waals surface area contributed by atoms with Crippen molar-refractivity contribution in [3.05, 3.63) is 94.0 Å². The Bertz CT molecular complexity index is 1370. The number of halogens is 1. The maximum absolute atomic E-state index is 13.5. The van der Waals surface area contributed by atoms with Gasteiger partial charge in [-0.15, -0.1) is 0 Å². The Morgan fingerprint density at radius 1 is 1.03 bits per heavy atom. The van der Waals surface area contributed by atoms with Crippen molar-refractivity contribution < 1.29 is 9.18 Å². The van der Waals surface area contributed by atoms with Crippen molar-refractivity contribution >= 4 is 34.3 Å². The summed E-state index contributed by atoms with van der Waals surface area (Å²) in [5.41, 5.74) is 3.60. The van der Waals surface area contributed by atoms with E-state index in [1.165, 1.54) is 40.6 Å². The van der Waals surface area contributed by atoms with Gasteiger partial charge < -0.3 is 5.32 Å². The summed E-state index contributed by atoms with van der Waals surface area (Å²) >= 11 is 1.18. The zero-order valence-electron chi connectivity index (χ0n) is 17.9. The number of carbonyl (C=O) groups is 1. The molecule has 0 saturated heterocycles. The van der Waals surface area contributed by atoms with Crippen LogP contribution in [-0.2, 0) is 4.79 Å². The number of anilines is 1. The highest BCUT2D eigenvalue weighted by Crippen LogP contribution is 2.27. The Hall–Kier alpha value is -3.45. The van der Waals surface area contributed by atoms with Gasteiger partial charge in [-0.1, -0.05) is 36.0 Å². The first-order chi connectivity index (χ1) is 15.3. The van der Waals surface area contributed by atoms with Crippen LogP contribution in [0.3, 0.4) is 0 Å². The Balaban J connectivity index is 1.72. The van der Waals surface area contributed by atoms with Crippen molar-refractivity contribution in [3.63, 3.8) is 0 Å². The molecule has 0 radical (unpaired) electrons. The molecule has 7 heteroatoms. The minimum Gasteiger partial charge on any atom is -0.325 e. The topological polar surface area (TPSA) is 64.0 Å². The van der Waals surface area contributed by atoms with Gasteiger partial charge in [-0.2, -0.15) is 0 Å². The van der Waals surface area contributed by atoms with E-state index in [1.807, 2.05) is 38.1 Å². The Labute approximate surface area is 189 Å². The number of fused-ring (bicyclic) bond motifs is 1. The van der Waals surface area contributed by atoms with Gasteiger partial charge in [0.25, 0.3) is 5.56 Å². The molecule has 1 amide bonds. The Morgan fingerprint density at radius 2 is 1.75 bits per heavy atom. The van der Waals surface area contributed by atoms with Gasteiger partial charge in [0.05, 0.1) is 21.8 Å². The fraction of sp³-hybridized carbons (Fsp3) is 0.160. The minimum atomic E-state index is -0.533. The van der Waals surface area contributed by atoms with Gasteiger partial charge >= 0.3 is 0 Å². The first kappa shape index (κ1) is 21.8. The average molecular weight is 448 g/mol. The molecular formula is C25H22FN3O2S. The van der Waals surface area contributed by atoms with Gasteiger partial charge in [-0.05, 0) is 74.4 Å². The second-order valence-electron chi connectivity index (χ2n) is 7.53. The number of rotatable bonds is 5. The van der Waals surface area contributed by atoms with Crippen molar-refractivity contribution in [1.82, 2.24) is 9.55 Å². The lowest BCUT2D eigenvalue weighted by Crippen LogP contribution is -2.26. The van der Waals surface area contributed by atoms with E-state index in [-0.39, 0.29) is 11.5 Å². The van der Waals surface area contributed by atoms with Gasteiger partial charge in [-0.25, -0.2) is 9.37 Å². The zero-order chi connectivity index (χ0) is 22.8. The lowest BCUT2D eigenvalue weighted by Gasteiger charge is -2.17. The molecule has 1 atom stereocenters. The number of para-hydroxylation sites is 1. The first-order valence-corrected chi connectivity index (χ1v) is 11.0. The normalized spacial score (nSPS) is 12.0. The molecule has 3 aromatic carbocycles. The SMILES string of the molecule is Cc1cccc(NC(=O)C(C)Sc2nc3ccccc3c(=O)n2-c2ccc(F)cc2)c1C. The molecule has 1 heterocycles. The maximum atomic E-state index is 13.5. The minimum absolute atomic E-state index is 0.197. The number of hydrogen-bond donors (Lipinski definition) is 1. The second kappa shape index (κ2) is 8.96. The zero-order valence-corrected chi connectivity index (χ0v) is 18.7. The molecule has 5 nitrogen and oxygen atoms in total. The Kier molecular flexibility index (Phi) is 6.10. The summed E-state index contributed by atoms with van der Waals surface area (Å²) in [4.78, 5) is 30.8. The van der Waals surface area contributed by atoms with Crippen LogP contribution in [-0.4, -0.2) is 20.7 Å². The third-order valence-corrected chi connectivity index (χ3v) is 6.40. The second-order valence-corrected chi connectivity index (χ2v) is 8.83. The van der Waals surface area contributed by atoms with Gasteiger partial charge in [0, 0.05) is 5.69 Å². The third-order valence-electron chi connectivity index (χ3n) is 5.34. The number of amides is 1. The standard InChI is InChI=1S/C25H22FN3O2S/c1-15-7-6-10-21(16(15)2)27-23(30)17(3)32-25-28-22-9-5-4-8-20(22)24(31)29(25)19-13-11-18(26)12-14-19/h4-14,17H,1-3H3,(H,27,30). The van der Waals surface area contributed by atoms with Crippen LogP contribution in [0.4, 0.5) is 10.1 Å². The van der Waals surface area contributed by atoms with Crippen LogP contribution in [0.5, 0.6) is 0 Å². The molecule has 0 aliphatic carbocycles. The fourth-order valence-electron chi connectivity index (χ4n) is 3.34. The van der Waals surface area contributed by atoms with Crippen molar-refractivity contribution in [2.45, 2.75) is 31.2 Å². The van der Waals surface area contributed by atoms with Crippen LogP contribution >= 0.6 is 11.8 Å². The third kappa shape index (κ3) is 4.29. The molecule has 32 heavy (non-hydrogen) atoms. The molecule has 1 unspecified atom stereocenters. The first-order valence-electron chi connectivity index (χ1n) is 10.2. The number of thioether (sulfide) groups is 1. The molecule has 0 saturated carbocycles. The molecule has 0 aliphatic rings. The molecule has 0 spiro atoms. The predicted molar refractivity (Wildman–Crippen MR) is 127 cm³/mol. The number of benzene rings is 3. The summed E-state index contributed by atoms with van der Waals surface area (Å²) in [6, 6.07) is 18.4. The summed E-state index contributed by atoms with van der Waals surface area (Å²) < 4.78 is 14.9. The predicted octanol–water partition coefficient (Wildman–Crippen LogP) is 5.26. The summed E-state index contributed by atoms with van der Waals surface area (Å²) in [5.74, 6) is -0.595. The molecular weight excluding hydrogens is 425 g/mol. The number of carbonyl (C=O) groups excluding carboxylic acids is 1. The van der Waals surface area contributed by atoms with E-state index < -0.39 is 11.1 Å². The summed E-state index contributed by atoms with van der Waals surface area (Å²) in [6.45, 7) is 5.71. The van der Waals surface area contributed by atoms with Gasteiger partial charge in [0.1, 0.15) is 5.82 Å². The van der Waals surface area contributed by atoms with Crippen LogP contribution in [0, 0.1) is 19.7 Å². The highest BCUT2D eigenvalue weighted by Gasteiger charge is 2.21. The number of nitrogens with one attached hydrogen (secondary N) is 1. The highest BCUT2D eigenvalue weighted by atomic mass is 32.2. The molecule has 0 aliphatic heterocycles. The largest absolute Gasteiger partial charge is 0.325 e. The maximum Gasteiger partial charge on any atom is 0.266 e. The van der Waals surface area contributed by atoms with Crippen LogP contribution in [0.25, 0.3) is 16.6 Å². The summed E-state index contributed by atoms with van der Waals surface area (Å²) in [6.07, 6.45) is 0. The number of aromatic nitrogens is 2. The van der Waals surface area contributed by atoms with Gasteiger partial charge in [0.15, 0.2) is 5.16 Å². The quantitative estimate of drug-likeness (QED) is 0.335. The van der Waals surface area contributed by atoms with E-state index in [0.717, 1.165) is 16.8 Å². The fourth-order valence-corrected chi connectivity index (χ4v) is 4.27. The van der Waals surface area contributed by atoms with Crippen molar-refractivity contribution in [1.29, 1.82) is 0 Å². The molecule has 4 rings (SSSR count). The lowest BCUT2D eigenvalue weighted by molar-refractivity contribution is -0.115. The highest BCUT2D eigenvalue weighted by molar-refractivity contribution is 8.00. The smallest absolute Gasteiger partial charge is 0.266 e. The number of hydrogen-bond acceptors (Lipinski definition) is 4. The average Bonchev–Trinajstić information content (AvgIpc) is 2.78. The van der Waals surface area contributed by atoms with E-state index in [1.54, 1.807) is 25.1 Å². The molecule has 4 aromatic rings. The van der Waals surface area contributed by atoms with E-state index >= 15 is 0 Å². The molecule has 162 valence electrons. The summed E-state index contributed by atoms with van der Waals surface area (Å²) in [5, 5.41) is 3.25. The van der Waals surface area contributed by atoms with Crippen LogP contribution in [0.2, 0.25) is 0 Å². The Morgan fingerprint density at radius 3 is 2.50 bits per heavy atom. The monoisotopic (exact) mass is 447 g/mol. The summed E-state index contributed by atoms with van der Waals surface area (Å²) in [7, 11) is 0. The lowest BCUT2D eigenvalue weighted by atomic mass is 10.1. The van der Waals surface area contributed by atoms with Gasteiger partial charge in [-0.3, -0.25) is 14.2 Å². The van der Waals surface area contributed by atoms with Crippen molar-refractivity contribution in [2.24, 2.45) is 0 Å².